The molecule has 1 aromatic rings. The SMILES string of the molecule is CCC1(NCC(C)Br)C(=O)c2ccccc2C1=O. The van der Waals surface area contributed by atoms with Gasteiger partial charge in [-0.3, -0.25) is 14.9 Å². The number of fused-ring (bicyclic) bond motifs is 1. The summed E-state index contributed by atoms with van der Waals surface area (Å²) in [5.74, 6) is -0.197. The molecule has 4 heteroatoms. The van der Waals surface area contributed by atoms with Crippen molar-refractivity contribution in [3.8, 4) is 0 Å². The van der Waals surface area contributed by atoms with Gasteiger partial charge < -0.3 is 0 Å². The first kappa shape index (κ1) is 13.4. The monoisotopic (exact) mass is 309 g/mol. The number of carbonyl (C=O) groups is 2. The van der Waals surface area contributed by atoms with E-state index in [1.807, 2.05) is 13.8 Å². The minimum absolute atomic E-state index is 0.0984. The summed E-state index contributed by atoms with van der Waals surface area (Å²) in [6.07, 6.45) is 0.471. The Morgan fingerprint density at radius 3 is 2.11 bits per heavy atom. The molecule has 1 aliphatic carbocycles. The summed E-state index contributed by atoms with van der Waals surface area (Å²) in [4.78, 5) is 25.2. The van der Waals surface area contributed by atoms with Crippen LogP contribution in [0.15, 0.2) is 24.3 Å². The zero-order valence-corrected chi connectivity index (χ0v) is 12.1. The van der Waals surface area contributed by atoms with Gasteiger partial charge in [0, 0.05) is 22.5 Å². The molecule has 1 unspecified atom stereocenters. The van der Waals surface area contributed by atoms with E-state index >= 15 is 0 Å². The van der Waals surface area contributed by atoms with Gasteiger partial charge in [-0.15, -0.1) is 0 Å². The molecule has 1 atom stereocenters. The van der Waals surface area contributed by atoms with Gasteiger partial charge in [0.25, 0.3) is 0 Å². The Balaban J connectivity index is 2.40. The number of carbonyl (C=O) groups excluding carboxylic acids is 2. The van der Waals surface area contributed by atoms with Crippen LogP contribution in [0.25, 0.3) is 0 Å². The van der Waals surface area contributed by atoms with E-state index in [2.05, 4.69) is 21.2 Å². The molecule has 18 heavy (non-hydrogen) atoms. The first-order chi connectivity index (χ1) is 8.53. The molecule has 3 nitrogen and oxygen atoms in total. The molecule has 2 rings (SSSR count). The molecule has 96 valence electrons. The molecule has 0 saturated heterocycles. The number of hydrogen-bond acceptors (Lipinski definition) is 3. The van der Waals surface area contributed by atoms with E-state index < -0.39 is 5.54 Å². The minimum Gasteiger partial charge on any atom is -0.297 e. The molecule has 0 amide bonds. The summed E-state index contributed by atoms with van der Waals surface area (Å²) in [5, 5.41) is 3.14. The lowest BCUT2D eigenvalue weighted by Crippen LogP contribution is -2.55. The average molecular weight is 310 g/mol. The Kier molecular flexibility index (Phi) is 3.69. The fourth-order valence-electron chi connectivity index (χ4n) is 2.36. The molecule has 0 bridgehead atoms. The van der Waals surface area contributed by atoms with E-state index in [0.29, 0.717) is 24.1 Å². The largest absolute Gasteiger partial charge is 0.297 e. The van der Waals surface area contributed by atoms with Gasteiger partial charge in [0.2, 0.25) is 0 Å². The predicted molar refractivity (Wildman–Crippen MR) is 74.5 cm³/mol. The Labute approximate surface area is 115 Å². The molecule has 0 heterocycles. The molecule has 0 radical (unpaired) electrons. The average Bonchev–Trinajstić information content (AvgIpc) is 2.58. The molecular formula is C14H16BrNO2. The maximum Gasteiger partial charge on any atom is 0.191 e. The van der Waals surface area contributed by atoms with E-state index in [9.17, 15) is 9.59 Å². The smallest absolute Gasteiger partial charge is 0.191 e. The maximum atomic E-state index is 12.5. The zero-order chi connectivity index (χ0) is 13.3. The quantitative estimate of drug-likeness (QED) is 0.687. The normalized spacial score (nSPS) is 18.8. The van der Waals surface area contributed by atoms with Gasteiger partial charge in [-0.2, -0.15) is 0 Å². The Morgan fingerprint density at radius 1 is 1.22 bits per heavy atom. The van der Waals surface area contributed by atoms with Gasteiger partial charge in [0.15, 0.2) is 11.6 Å². The summed E-state index contributed by atoms with van der Waals surface area (Å²) in [6, 6.07) is 7.05. The zero-order valence-electron chi connectivity index (χ0n) is 10.5. The van der Waals surface area contributed by atoms with Gasteiger partial charge in [-0.25, -0.2) is 0 Å². The van der Waals surface area contributed by atoms with Crippen molar-refractivity contribution in [3.63, 3.8) is 0 Å². The fourth-order valence-corrected chi connectivity index (χ4v) is 2.53. The molecule has 0 fully saturated rings. The number of Topliss-reactive ketones (excluding diaryl/α,β-unsaturated/α-hetero) is 2. The second-order valence-corrected chi connectivity index (χ2v) is 6.19. The van der Waals surface area contributed by atoms with Crippen LogP contribution in [-0.4, -0.2) is 28.5 Å². The van der Waals surface area contributed by atoms with Crippen molar-refractivity contribution < 1.29 is 9.59 Å². The van der Waals surface area contributed by atoms with Crippen molar-refractivity contribution in [1.29, 1.82) is 0 Å². The van der Waals surface area contributed by atoms with Crippen LogP contribution in [0.5, 0.6) is 0 Å². The number of halogens is 1. The Bertz CT molecular complexity index is 461. The van der Waals surface area contributed by atoms with Crippen molar-refractivity contribution in [3.05, 3.63) is 35.4 Å². The van der Waals surface area contributed by atoms with E-state index in [1.54, 1.807) is 24.3 Å². The standard InChI is InChI=1S/C14H16BrNO2/c1-3-14(16-8-9(2)15)12(17)10-6-4-5-7-11(10)13(14)18/h4-7,9,16H,3,8H2,1-2H3. The number of rotatable bonds is 4. The lowest BCUT2D eigenvalue weighted by Gasteiger charge is -2.26. The second kappa shape index (κ2) is 4.94. The molecule has 0 aromatic heterocycles. The van der Waals surface area contributed by atoms with Gasteiger partial charge in [0.05, 0.1) is 0 Å². The summed E-state index contributed by atoms with van der Waals surface area (Å²) in [7, 11) is 0. The minimum atomic E-state index is -1.06. The van der Waals surface area contributed by atoms with Gasteiger partial charge in [-0.1, -0.05) is 54.0 Å². The fraction of sp³-hybridized carbons (Fsp3) is 0.429. The van der Waals surface area contributed by atoms with Crippen molar-refractivity contribution in [2.45, 2.75) is 30.6 Å². The van der Waals surface area contributed by atoms with E-state index in [-0.39, 0.29) is 16.4 Å². The van der Waals surface area contributed by atoms with Crippen LogP contribution < -0.4 is 5.32 Å². The van der Waals surface area contributed by atoms with Crippen LogP contribution in [0.3, 0.4) is 0 Å². The third kappa shape index (κ3) is 1.93. The predicted octanol–water partition coefficient (Wildman–Crippen LogP) is 2.59. The molecular weight excluding hydrogens is 294 g/mol. The molecule has 0 saturated carbocycles. The molecule has 1 aliphatic rings. The lowest BCUT2D eigenvalue weighted by atomic mass is 9.90. The summed E-state index contributed by atoms with van der Waals surface area (Å²) < 4.78 is 0. The highest BCUT2D eigenvalue weighted by Crippen LogP contribution is 2.32. The van der Waals surface area contributed by atoms with E-state index in [1.165, 1.54) is 0 Å². The summed E-state index contributed by atoms with van der Waals surface area (Å²) in [6.45, 7) is 4.43. The van der Waals surface area contributed by atoms with Crippen molar-refractivity contribution in [2.75, 3.05) is 6.54 Å². The number of benzene rings is 1. The number of alkyl halides is 1. The van der Waals surface area contributed by atoms with Crippen LogP contribution in [0.4, 0.5) is 0 Å². The van der Waals surface area contributed by atoms with E-state index in [4.69, 9.17) is 0 Å². The van der Waals surface area contributed by atoms with Crippen LogP contribution in [0.2, 0.25) is 0 Å². The van der Waals surface area contributed by atoms with Gasteiger partial charge >= 0.3 is 0 Å². The Morgan fingerprint density at radius 2 is 1.72 bits per heavy atom. The second-order valence-electron chi connectivity index (χ2n) is 4.62. The number of nitrogens with one attached hydrogen (secondary N) is 1. The van der Waals surface area contributed by atoms with Crippen LogP contribution in [0, 0.1) is 0 Å². The third-order valence-electron chi connectivity index (χ3n) is 3.41. The first-order valence-electron chi connectivity index (χ1n) is 6.10. The molecule has 0 aliphatic heterocycles. The summed E-state index contributed by atoms with van der Waals surface area (Å²) >= 11 is 3.42. The number of ketones is 2. The maximum absolute atomic E-state index is 12.5. The molecule has 0 spiro atoms. The summed E-state index contributed by atoms with van der Waals surface area (Å²) in [5.41, 5.74) is 0.0178. The molecule has 1 N–H and O–H groups in total. The third-order valence-corrected chi connectivity index (χ3v) is 3.73. The van der Waals surface area contributed by atoms with Gasteiger partial charge in [-0.05, 0) is 6.42 Å². The highest BCUT2D eigenvalue weighted by atomic mass is 79.9. The van der Waals surface area contributed by atoms with Crippen LogP contribution in [-0.2, 0) is 0 Å². The molecule has 1 aromatic carbocycles. The van der Waals surface area contributed by atoms with Crippen molar-refractivity contribution in [2.24, 2.45) is 0 Å². The van der Waals surface area contributed by atoms with Crippen LogP contribution in [0.1, 0.15) is 41.0 Å². The highest BCUT2D eigenvalue weighted by molar-refractivity contribution is 9.09. The van der Waals surface area contributed by atoms with Crippen molar-refractivity contribution >= 4 is 27.5 Å². The van der Waals surface area contributed by atoms with Gasteiger partial charge in [0.1, 0.15) is 5.54 Å². The first-order valence-corrected chi connectivity index (χ1v) is 7.02. The number of hydrogen-bond donors (Lipinski definition) is 1. The van der Waals surface area contributed by atoms with E-state index in [0.717, 1.165) is 0 Å². The van der Waals surface area contributed by atoms with Crippen molar-refractivity contribution in [1.82, 2.24) is 5.32 Å². The lowest BCUT2D eigenvalue weighted by molar-refractivity contribution is 0.0753. The van der Waals surface area contributed by atoms with Crippen LogP contribution >= 0.6 is 15.9 Å². The topological polar surface area (TPSA) is 46.2 Å². The Hall–Kier alpha value is -1.00. The highest BCUT2D eigenvalue weighted by Gasteiger charge is 2.51.